The van der Waals surface area contributed by atoms with Gasteiger partial charge in [-0.25, -0.2) is 4.18 Å². The Morgan fingerprint density at radius 1 is 1.21 bits per heavy atom. The van der Waals surface area contributed by atoms with Crippen molar-refractivity contribution in [3.8, 4) is 0 Å². The summed E-state index contributed by atoms with van der Waals surface area (Å²) in [4.78, 5) is 0. The molecule has 0 aliphatic carbocycles. The zero-order valence-electron chi connectivity index (χ0n) is 13.7. The Balaban J connectivity index is -0.000000661. The molecule has 1 fully saturated rings. The monoisotopic (exact) mass is 412 g/mol. The molecule has 0 amide bonds. The minimum absolute atomic E-state index is 0. The molecule has 132 valence electrons. The van der Waals surface area contributed by atoms with Gasteiger partial charge in [0.05, 0.1) is 12.7 Å². The molecule has 1 saturated heterocycles. The van der Waals surface area contributed by atoms with Gasteiger partial charge in [-0.05, 0) is 6.92 Å². The van der Waals surface area contributed by atoms with Gasteiger partial charge in [0.1, 0.15) is 6.10 Å². The number of ether oxygens (including phenoxy) is 3. The molecular formula is C8H14Na2O12S2. The molecule has 24 heavy (non-hydrogen) atoms. The van der Waals surface area contributed by atoms with Crippen molar-refractivity contribution >= 4 is 21.0 Å². The maximum atomic E-state index is 12.0. The maximum absolute atomic E-state index is 12.0. The van der Waals surface area contributed by atoms with Gasteiger partial charge in [0.2, 0.25) is 0 Å². The summed E-state index contributed by atoms with van der Waals surface area (Å²) in [7, 11) is -5.47. The third-order valence-electron chi connectivity index (χ3n) is 2.73. The Labute approximate surface area is 184 Å². The van der Waals surface area contributed by atoms with Gasteiger partial charge >= 0.3 is 80.1 Å². The molecule has 16 heteroatoms. The minimum atomic E-state index is -4.84. The van der Waals surface area contributed by atoms with Crippen LogP contribution in [0.3, 0.4) is 0 Å². The fraction of sp³-hybridized carbons (Fsp3) is 1.00. The molecule has 0 aromatic heterocycles. The zero-order valence-corrected chi connectivity index (χ0v) is 19.3. The van der Waals surface area contributed by atoms with Crippen molar-refractivity contribution in [2.24, 2.45) is 0 Å². The van der Waals surface area contributed by atoms with E-state index in [1.54, 1.807) is 0 Å². The Hall–Kier alpha value is 1.29. The van der Waals surface area contributed by atoms with Gasteiger partial charge in [-0.15, -0.1) is 12.6 Å². The first-order valence-electron chi connectivity index (χ1n) is 5.42. The van der Waals surface area contributed by atoms with Crippen molar-refractivity contribution in [3.05, 3.63) is 0 Å². The van der Waals surface area contributed by atoms with E-state index in [-0.39, 0.29) is 65.7 Å². The van der Waals surface area contributed by atoms with Crippen molar-refractivity contribution in [2.45, 2.75) is 31.0 Å². The predicted octanol–water partition coefficient (Wildman–Crippen LogP) is -9.95. The number of methoxy groups -OCH3 is 2. The van der Waals surface area contributed by atoms with Gasteiger partial charge < -0.3 is 28.9 Å². The van der Waals surface area contributed by atoms with Crippen molar-refractivity contribution in [1.29, 1.82) is 0 Å². The molecule has 0 spiro atoms. The van der Waals surface area contributed by atoms with Crippen LogP contribution in [0.2, 0.25) is 0 Å². The Morgan fingerprint density at radius 2 is 1.67 bits per heavy atom. The average Bonchev–Trinajstić information content (AvgIpc) is 2.43. The van der Waals surface area contributed by atoms with Crippen molar-refractivity contribution < 1.29 is 113 Å². The van der Waals surface area contributed by atoms with Crippen molar-refractivity contribution in [3.63, 3.8) is 0 Å². The second-order valence-electron chi connectivity index (χ2n) is 3.97. The SMILES string of the molecule is COC1COC(C)(OC)C(OS(=O)(=O)O[O-])C1[O-].O=S(=O)=O.[Na+].[Na+]. The summed E-state index contributed by atoms with van der Waals surface area (Å²) in [5, 5.41) is 21.9. The topological polar surface area (TPSA) is 178 Å². The first-order valence-corrected chi connectivity index (χ1v) is 7.75. The van der Waals surface area contributed by atoms with Crippen LogP contribution in [-0.4, -0.2) is 66.0 Å². The standard InChI is InChI=1S/C8H15O9S.2Na.O3S/c1-8(14-3)7(16-18(11,12)17-10)6(9)5(13-2)4-15-8;;;1-4(2)3/h5-7,10H,4H2,1-3H3;;;/q-1;2*+1;/p-1. The van der Waals surface area contributed by atoms with E-state index in [1.807, 2.05) is 0 Å². The first-order chi connectivity index (χ1) is 10.0. The molecule has 12 nitrogen and oxygen atoms in total. The number of rotatable bonds is 5. The van der Waals surface area contributed by atoms with E-state index < -0.39 is 45.1 Å². The van der Waals surface area contributed by atoms with Gasteiger partial charge in [0.15, 0.2) is 5.79 Å². The van der Waals surface area contributed by atoms with E-state index in [1.165, 1.54) is 21.1 Å². The average molecular weight is 412 g/mol. The van der Waals surface area contributed by atoms with Gasteiger partial charge in [-0.3, -0.25) is 0 Å². The summed E-state index contributed by atoms with van der Waals surface area (Å²) < 4.78 is 69.5. The summed E-state index contributed by atoms with van der Waals surface area (Å²) in [6.45, 7) is 1.22. The summed E-state index contributed by atoms with van der Waals surface area (Å²) in [5.74, 6) is -1.62. The van der Waals surface area contributed by atoms with Crippen LogP contribution in [0.15, 0.2) is 0 Å². The van der Waals surface area contributed by atoms with E-state index in [0.29, 0.717) is 0 Å². The largest absolute Gasteiger partial charge is 1.00 e. The van der Waals surface area contributed by atoms with E-state index in [0.717, 1.165) is 0 Å². The molecule has 1 rings (SSSR count). The Bertz CT molecular complexity index is 544. The quantitative estimate of drug-likeness (QED) is 0.237. The third-order valence-corrected chi connectivity index (χ3v) is 3.34. The van der Waals surface area contributed by atoms with Gasteiger partial charge in [-0.1, -0.05) is 6.10 Å². The normalized spacial score (nSPS) is 29.3. The van der Waals surface area contributed by atoms with E-state index in [9.17, 15) is 18.8 Å². The molecule has 4 atom stereocenters. The maximum Gasteiger partial charge on any atom is 1.00 e. The van der Waals surface area contributed by atoms with Crippen LogP contribution in [0.1, 0.15) is 6.92 Å². The summed E-state index contributed by atoms with van der Waals surface area (Å²) >= 11 is 0. The van der Waals surface area contributed by atoms with E-state index >= 15 is 0 Å². The molecule has 0 radical (unpaired) electrons. The van der Waals surface area contributed by atoms with Gasteiger partial charge in [0.25, 0.3) is 0 Å². The second kappa shape index (κ2) is 13.5. The molecule has 1 aliphatic heterocycles. The molecule has 1 heterocycles. The summed E-state index contributed by atoms with van der Waals surface area (Å²) in [5.41, 5.74) is 0. The molecular weight excluding hydrogens is 398 g/mol. The van der Waals surface area contributed by atoms with Crippen LogP contribution in [0.25, 0.3) is 0 Å². The van der Waals surface area contributed by atoms with E-state index in [4.69, 9.17) is 26.8 Å². The van der Waals surface area contributed by atoms with Crippen LogP contribution in [0, 0.1) is 0 Å². The zero-order chi connectivity index (χ0) is 17.6. The van der Waals surface area contributed by atoms with Crippen LogP contribution < -0.4 is 69.5 Å². The molecule has 0 bridgehead atoms. The first kappa shape index (κ1) is 30.0. The van der Waals surface area contributed by atoms with Crippen molar-refractivity contribution in [2.75, 3.05) is 20.8 Å². The van der Waals surface area contributed by atoms with Crippen molar-refractivity contribution in [1.82, 2.24) is 0 Å². The summed E-state index contributed by atoms with van der Waals surface area (Å²) in [6.07, 6.45) is -4.17. The van der Waals surface area contributed by atoms with Gasteiger partial charge in [0, 0.05) is 14.2 Å². The molecule has 1 aliphatic rings. The molecule has 0 N–H and O–H groups in total. The Morgan fingerprint density at radius 3 is 2.00 bits per heavy atom. The number of hydrogen-bond acceptors (Lipinski definition) is 12. The number of hydrogen-bond donors (Lipinski definition) is 0. The molecule has 0 aromatic rings. The smallest absolute Gasteiger partial charge is 0.848 e. The minimum Gasteiger partial charge on any atom is -0.848 e. The van der Waals surface area contributed by atoms with Crippen LogP contribution in [-0.2, 0) is 43.7 Å². The van der Waals surface area contributed by atoms with Gasteiger partial charge in [-0.2, -0.15) is 8.42 Å². The molecule has 4 unspecified atom stereocenters. The Kier molecular flexibility index (Phi) is 16.8. The van der Waals surface area contributed by atoms with Crippen LogP contribution >= 0.6 is 0 Å². The predicted molar refractivity (Wildman–Crippen MR) is 60.5 cm³/mol. The fourth-order valence-corrected chi connectivity index (χ4v) is 2.15. The van der Waals surface area contributed by atoms with Crippen LogP contribution in [0.4, 0.5) is 0 Å². The van der Waals surface area contributed by atoms with Crippen LogP contribution in [0.5, 0.6) is 0 Å². The van der Waals surface area contributed by atoms with E-state index in [2.05, 4.69) is 8.52 Å². The molecule has 0 saturated carbocycles. The third kappa shape index (κ3) is 9.84. The molecule has 0 aromatic carbocycles. The fourth-order valence-electron chi connectivity index (χ4n) is 1.58. The second-order valence-corrected chi connectivity index (χ2v) is 5.52. The summed E-state index contributed by atoms with van der Waals surface area (Å²) in [6, 6.07) is 0.